The lowest BCUT2D eigenvalue weighted by Gasteiger charge is -2.31. The third-order valence-corrected chi connectivity index (χ3v) is 3.59. The lowest BCUT2D eigenvalue weighted by molar-refractivity contribution is 0.175. The summed E-state index contributed by atoms with van der Waals surface area (Å²) < 4.78 is 0. The van der Waals surface area contributed by atoms with Crippen LogP contribution in [0.3, 0.4) is 0 Å². The molecule has 2 unspecified atom stereocenters. The Morgan fingerprint density at radius 1 is 1.27 bits per heavy atom. The van der Waals surface area contributed by atoms with Crippen LogP contribution in [0.1, 0.15) is 46.5 Å². The summed E-state index contributed by atoms with van der Waals surface area (Å²) in [5, 5.41) is 3.32. The Morgan fingerprint density at radius 3 is 2.60 bits per heavy atom. The van der Waals surface area contributed by atoms with Crippen LogP contribution in [0.5, 0.6) is 0 Å². The maximum absolute atomic E-state index is 3.32. The molecule has 90 valence electrons. The first kappa shape index (κ1) is 13.0. The number of likely N-dealkylation sites (N-methyl/N-ethyl adjacent to an activating group) is 1. The second-order valence-electron chi connectivity index (χ2n) is 5.41. The molecule has 0 bridgehead atoms. The second-order valence-corrected chi connectivity index (χ2v) is 5.41. The van der Waals surface area contributed by atoms with Gasteiger partial charge in [-0.1, -0.05) is 13.8 Å². The summed E-state index contributed by atoms with van der Waals surface area (Å²) >= 11 is 0. The van der Waals surface area contributed by atoms with Crippen molar-refractivity contribution < 1.29 is 0 Å². The average molecular weight is 212 g/mol. The van der Waals surface area contributed by atoms with E-state index >= 15 is 0 Å². The summed E-state index contributed by atoms with van der Waals surface area (Å²) in [7, 11) is 2.06. The van der Waals surface area contributed by atoms with Gasteiger partial charge in [-0.2, -0.15) is 0 Å². The van der Waals surface area contributed by atoms with E-state index in [-0.39, 0.29) is 0 Å². The molecule has 0 aromatic heterocycles. The molecule has 0 aromatic rings. The minimum Gasteiger partial charge on any atom is -0.318 e. The van der Waals surface area contributed by atoms with Gasteiger partial charge >= 0.3 is 0 Å². The highest BCUT2D eigenvalue weighted by Gasteiger charge is 2.27. The summed E-state index contributed by atoms with van der Waals surface area (Å²) in [6, 6.07) is 1.56. The minimum atomic E-state index is 0.772. The van der Waals surface area contributed by atoms with Crippen LogP contribution >= 0.6 is 0 Å². The quantitative estimate of drug-likeness (QED) is 0.728. The zero-order valence-corrected chi connectivity index (χ0v) is 10.9. The van der Waals surface area contributed by atoms with Crippen LogP contribution in [0.25, 0.3) is 0 Å². The van der Waals surface area contributed by atoms with Crippen LogP contribution in [0.4, 0.5) is 0 Å². The molecular weight excluding hydrogens is 184 g/mol. The van der Waals surface area contributed by atoms with E-state index in [2.05, 4.69) is 38.0 Å². The first-order chi connectivity index (χ1) is 7.15. The van der Waals surface area contributed by atoms with Crippen molar-refractivity contribution in [2.24, 2.45) is 5.92 Å². The molecular formula is C13H28N2. The van der Waals surface area contributed by atoms with Crippen LogP contribution in [0, 0.1) is 5.92 Å². The predicted octanol–water partition coefficient (Wildman–Crippen LogP) is 2.49. The topological polar surface area (TPSA) is 15.3 Å². The van der Waals surface area contributed by atoms with E-state index in [1.165, 1.54) is 32.2 Å². The lowest BCUT2D eigenvalue weighted by Crippen LogP contribution is -2.42. The summed E-state index contributed by atoms with van der Waals surface area (Å²) in [5.74, 6) is 0.845. The van der Waals surface area contributed by atoms with E-state index in [4.69, 9.17) is 0 Å². The Morgan fingerprint density at radius 2 is 2.00 bits per heavy atom. The molecule has 1 N–H and O–H groups in total. The Bertz CT molecular complexity index is 168. The Hall–Kier alpha value is -0.0800. The van der Waals surface area contributed by atoms with Crippen molar-refractivity contribution in [3.8, 4) is 0 Å². The molecule has 0 aliphatic carbocycles. The van der Waals surface area contributed by atoms with Crippen molar-refractivity contribution in [2.75, 3.05) is 20.1 Å². The van der Waals surface area contributed by atoms with Gasteiger partial charge in [0.2, 0.25) is 0 Å². The van der Waals surface area contributed by atoms with Crippen LogP contribution < -0.4 is 5.32 Å². The third kappa shape index (κ3) is 4.12. The predicted molar refractivity (Wildman–Crippen MR) is 67.2 cm³/mol. The standard InChI is InChI=1S/C13H28N2/c1-11(2)7-8-12(3)15-9-5-6-13(15)10-14-4/h11-14H,5-10H2,1-4H3. The van der Waals surface area contributed by atoms with E-state index in [1.807, 2.05) is 0 Å². The van der Waals surface area contributed by atoms with Gasteiger partial charge in [-0.3, -0.25) is 4.90 Å². The van der Waals surface area contributed by atoms with Gasteiger partial charge in [-0.05, 0) is 52.1 Å². The summed E-state index contributed by atoms with van der Waals surface area (Å²) in [5.41, 5.74) is 0. The largest absolute Gasteiger partial charge is 0.318 e. The van der Waals surface area contributed by atoms with E-state index in [0.717, 1.165) is 24.5 Å². The first-order valence-corrected chi connectivity index (χ1v) is 6.55. The van der Waals surface area contributed by atoms with Crippen molar-refractivity contribution in [1.82, 2.24) is 10.2 Å². The van der Waals surface area contributed by atoms with E-state index in [1.54, 1.807) is 0 Å². The van der Waals surface area contributed by atoms with Crippen molar-refractivity contribution in [3.63, 3.8) is 0 Å². The van der Waals surface area contributed by atoms with E-state index < -0.39 is 0 Å². The van der Waals surface area contributed by atoms with Crippen molar-refractivity contribution in [2.45, 2.75) is 58.5 Å². The molecule has 1 fully saturated rings. The third-order valence-electron chi connectivity index (χ3n) is 3.59. The van der Waals surface area contributed by atoms with Gasteiger partial charge in [0.05, 0.1) is 0 Å². The molecule has 1 aliphatic rings. The fourth-order valence-electron chi connectivity index (χ4n) is 2.63. The molecule has 0 saturated carbocycles. The molecule has 1 saturated heterocycles. The van der Waals surface area contributed by atoms with Crippen LogP contribution in [0.2, 0.25) is 0 Å². The first-order valence-electron chi connectivity index (χ1n) is 6.55. The van der Waals surface area contributed by atoms with Crippen molar-refractivity contribution in [1.29, 1.82) is 0 Å². The second kappa shape index (κ2) is 6.49. The normalized spacial score (nSPS) is 25.0. The summed E-state index contributed by atoms with van der Waals surface area (Å²) in [6.45, 7) is 9.51. The molecule has 1 rings (SSSR count). The number of nitrogens with zero attached hydrogens (tertiary/aromatic N) is 1. The van der Waals surface area contributed by atoms with Gasteiger partial charge in [0.25, 0.3) is 0 Å². The molecule has 1 heterocycles. The fraction of sp³-hybridized carbons (Fsp3) is 1.00. The van der Waals surface area contributed by atoms with Gasteiger partial charge < -0.3 is 5.32 Å². The molecule has 1 aliphatic heterocycles. The van der Waals surface area contributed by atoms with Crippen LogP contribution in [-0.2, 0) is 0 Å². The summed E-state index contributed by atoms with van der Waals surface area (Å²) in [6.07, 6.45) is 5.49. The number of hydrogen-bond acceptors (Lipinski definition) is 2. The molecule has 0 aromatic carbocycles. The molecule has 2 nitrogen and oxygen atoms in total. The Balaban J connectivity index is 2.33. The highest BCUT2D eigenvalue weighted by molar-refractivity contribution is 4.84. The zero-order chi connectivity index (χ0) is 11.3. The van der Waals surface area contributed by atoms with Gasteiger partial charge in [-0.25, -0.2) is 0 Å². The Labute approximate surface area is 95.4 Å². The zero-order valence-electron chi connectivity index (χ0n) is 10.9. The van der Waals surface area contributed by atoms with Crippen molar-refractivity contribution in [3.05, 3.63) is 0 Å². The molecule has 2 heteroatoms. The van der Waals surface area contributed by atoms with Crippen molar-refractivity contribution >= 4 is 0 Å². The molecule has 15 heavy (non-hydrogen) atoms. The smallest absolute Gasteiger partial charge is 0.0223 e. The monoisotopic (exact) mass is 212 g/mol. The lowest BCUT2D eigenvalue weighted by atomic mass is 10.0. The molecule has 0 amide bonds. The van der Waals surface area contributed by atoms with Crippen LogP contribution in [-0.4, -0.2) is 37.1 Å². The maximum atomic E-state index is 3.32. The molecule has 2 atom stereocenters. The maximum Gasteiger partial charge on any atom is 0.0223 e. The highest BCUT2D eigenvalue weighted by Crippen LogP contribution is 2.22. The summed E-state index contributed by atoms with van der Waals surface area (Å²) in [4.78, 5) is 2.71. The van der Waals surface area contributed by atoms with Gasteiger partial charge in [0.1, 0.15) is 0 Å². The van der Waals surface area contributed by atoms with Gasteiger partial charge in [-0.15, -0.1) is 0 Å². The highest BCUT2D eigenvalue weighted by atomic mass is 15.2. The van der Waals surface area contributed by atoms with E-state index in [9.17, 15) is 0 Å². The molecule has 0 spiro atoms. The average Bonchev–Trinajstić information content (AvgIpc) is 2.63. The number of rotatable bonds is 6. The number of likely N-dealkylation sites (tertiary alicyclic amines) is 1. The Kier molecular flexibility index (Phi) is 5.62. The fourth-order valence-corrected chi connectivity index (χ4v) is 2.63. The van der Waals surface area contributed by atoms with Gasteiger partial charge in [0.15, 0.2) is 0 Å². The number of nitrogens with one attached hydrogen (secondary N) is 1. The molecule has 0 radical (unpaired) electrons. The SMILES string of the molecule is CNCC1CCCN1C(C)CCC(C)C. The van der Waals surface area contributed by atoms with Crippen LogP contribution in [0.15, 0.2) is 0 Å². The minimum absolute atomic E-state index is 0.772. The number of hydrogen-bond donors (Lipinski definition) is 1. The van der Waals surface area contributed by atoms with Gasteiger partial charge in [0, 0.05) is 18.6 Å². The van der Waals surface area contributed by atoms with E-state index in [0.29, 0.717) is 0 Å².